The summed E-state index contributed by atoms with van der Waals surface area (Å²) in [5.41, 5.74) is -0.587. The van der Waals surface area contributed by atoms with Gasteiger partial charge in [0.1, 0.15) is 0 Å². The van der Waals surface area contributed by atoms with Gasteiger partial charge in [-0.3, -0.25) is 0 Å². The Labute approximate surface area is 60.6 Å². The summed E-state index contributed by atoms with van der Waals surface area (Å²) >= 11 is 0. The molecule has 0 amide bonds. The van der Waals surface area contributed by atoms with Crippen molar-refractivity contribution >= 4 is 20.5 Å². The molecule has 2 atom stereocenters. The highest BCUT2D eigenvalue weighted by Gasteiger charge is 2.24. The third-order valence-electron chi connectivity index (χ3n) is 1.52. The lowest BCUT2D eigenvalue weighted by Gasteiger charge is -2.25. The van der Waals surface area contributed by atoms with Gasteiger partial charge in [0.25, 0.3) is 0 Å². The molecule has 0 rings (SSSR count). The SMILES string of the molecule is OCC[C@@](O)([SiH3])C(O)[SiH3]. The third-order valence-corrected chi connectivity index (χ3v) is 5.25. The first-order valence-corrected chi connectivity index (χ1v) is 5.17. The molecule has 0 aliphatic heterocycles. The Morgan fingerprint density at radius 1 is 1.56 bits per heavy atom. The van der Waals surface area contributed by atoms with Crippen molar-refractivity contribution in [2.75, 3.05) is 6.61 Å². The van der Waals surface area contributed by atoms with E-state index < -0.39 is 11.0 Å². The summed E-state index contributed by atoms with van der Waals surface area (Å²) in [4.78, 5) is 0. The van der Waals surface area contributed by atoms with E-state index in [2.05, 4.69) is 0 Å². The number of rotatable bonds is 3. The lowest BCUT2D eigenvalue weighted by Crippen LogP contribution is -2.43. The molecule has 3 N–H and O–H groups in total. The quantitative estimate of drug-likeness (QED) is 0.376. The van der Waals surface area contributed by atoms with E-state index in [1.54, 1.807) is 0 Å². The fraction of sp³-hybridized carbons (Fsp3) is 1.00. The average Bonchev–Trinajstić information content (AvgIpc) is 1.65. The lowest BCUT2D eigenvalue weighted by atomic mass is 10.2. The zero-order chi connectivity index (χ0) is 7.49. The summed E-state index contributed by atoms with van der Waals surface area (Å²) in [6.07, 6.45) is 0.309. The summed E-state index contributed by atoms with van der Waals surface area (Å²) in [7, 11) is 1.09. The largest absolute Gasteiger partial charge is 0.396 e. The van der Waals surface area contributed by atoms with Crippen molar-refractivity contribution in [3.8, 4) is 0 Å². The molecule has 5 heteroatoms. The lowest BCUT2D eigenvalue weighted by molar-refractivity contribution is 0.0137. The van der Waals surface area contributed by atoms with Crippen LogP contribution in [-0.4, -0.2) is 53.4 Å². The van der Waals surface area contributed by atoms with Gasteiger partial charge in [0, 0.05) is 27.1 Å². The predicted molar refractivity (Wildman–Crippen MR) is 42.5 cm³/mol. The molecule has 0 spiro atoms. The summed E-state index contributed by atoms with van der Waals surface area (Å²) in [6.45, 7) is -0.0424. The van der Waals surface area contributed by atoms with Crippen molar-refractivity contribution in [3.63, 3.8) is 0 Å². The van der Waals surface area contributed by atoms with Gasteiger partial charge in [-0.25, -0.2) is 0 Å². The first-order valence-electron chi connectivity index (χ1n) is 3.02. The second kappa shape index (κ2) is 3.47. The van der Waals surface area contributed by atoms with Gasteiger partial charge in [-0.15, -0.1) is 0 Å². The number of aliphatic hydroxyl groups excluding tert-OH is 2. The Hall–Kier alpha value is 0.314. The highest BCUT2D eigenvalue weighted by atomic mass is 28.2. The Morgan fingerprint density at radius 3 is 2.11 bits per heavy atom. The van der Waals surface area contributed by atoms with Gasteiger partial charge in [-0.05, 0) is 6.42 Å². The maximum Gasteiger partial charge on any atom is 0.0685 e. The van der Waals surface area contributed by atoms with Crippen LogP contribution >= 0.6 is 0 Å². The number of hydrogen-bond acceptors (Lipinski definition) is 3. The Kier molecular flexibility index (Phi) is 3.60. The van der Waals surface area contributed by atoms with Crippen LogP contribution in [0, 0.1) is 0 Å². The second-order valence-electron chi connectivity index (χ2n) is 2.51. The van der Waals surface area contributed by atoms with E-state index in [0.29, 0.717) is 26.9 Å². The minimum Gasteiger partial charge on any atom is -0.396 e. The van der Waals surface area contributed by atoms with E-state index >= 15 is 0 Å². The molecule has 56 valence electrons. The van der Waals surface area contributed by atoms with E-state index in [-0.39, 0.29) is 6.61 Å². The predicted octanol–water partition coefficient (Wildman–Crippen LogP) is -3.89. The minimum absolute atomic E-state index is 0.0424. The molecule has 0 aromatic carbocycles. The maximum atomic E-state index is 9.28. The van der Waals surface area contributed by atoms with Gasteiger partial charge in [0.15, 0.2) is 0 Å². The van der Waals surface area contributed by atoms with Crippen molar-refractivity contribution in [1.82, 2.24) is 0 Å². The van der Waals surface area contributed by atoms with Gasteiger partial charge < -0.3 is 15.3 Å². The Bertz CT molecular complexity index is 83.9. The van der Waals surface area contributed by atoms with E-state index in [1.165, 1.54) is 0 Å². The van der Waals surface area contributed by atoms with Crippen LogP contribution in [0.1, 0.15) is 6.42 Å². The van der Waals surface area contributed by atoms with E-state index in [4.69, 9.17) is 10.2 Å². The molecule has 0 aliphatic rings. The molecule has 3 nitrogen and oxygen atoms in total. The zero-order valence-corrected chi connectivity index (χ0v) is 9.83. The van der Waals surface area contributed by atoms with Gasteiger partial charge in [0.2, 0.25) is 0 Å². The van der Waals surface area contributed by atoms with Crippen molar-refractivity contribution in [1.29, 1.82) is 0 Å². The smallest absolute Gasteiger partial charge is 0.0685 e. The van der Waals surface area contributed by atoms with E-state index in [9.17, 15) is 5.11 Å². The molecule has 0 fully saturated rings. The molecule has 0 saturated heterocycles. The topological polar surface area (TPSA) is 60.7 Å². The van der Waals surface area contributed by atoms with Crippen molar-refractivity contribution < 1.29 is 15.3 Å². The van der Waals surface area contributed by atoms with Crippen LogP contribution in [0.15, 0.2) is 0 Å². The minimum atomic E-state index is -0.943. The summed E-state index contributed by atoms with van der Waals surface area (Å²) in [5, 5.41) is 25.7. The van der Waals surface area contributed by atoms with E-state index in [1.807, 2.05) is 0 Å². The molecule has 0 radical (unpaired) electrons. The standard InChI is InChI=1S/C4H14O3Si2/c5-2-1-4(7,9)3(6)8/h3,5-7H,1-2H2,8-9H3/t3?,4-/m1/s1. The monoisotopic (exact) mass is 166 g/mol. The molecule has 0 saturated carbocycles. The zero-order valence-electron chi connectivity index (χ0n) is 5.83. The third kappa shape index (κ3) is 3.12. The second-order valence-corrected chi connectivity index (χ2v) is 5.33. The summed E-state index contributed by atoms with van der Waals surface area (Å²) < 4.78 is 0. The average molecular weight is 166 g/mol. The molecule has 0 bridgehead atoms. The summed E-state index contributed by atoms with van der Waals surface area (Å²) in [5.74, 6) is 0. The first-order chi connectivity index (χ1) is 4.00. The molecular formula is C4H14O3Si2. The van der Waals surface area contributed by atoms with Crippen LogP contribution < -0.4 is 0 Å². The van der Waals surface area contributed by atoms with Crippen molar-refractivity contribution in [2.45, 2.75) is 17.4 Å². The van der Waals surface area contributed by atoms with Gasteiger partial charge in [-0.1, -0.05) is 0 Å². The molecule has 0 heterocycles. The molecule has 0 aliphatic carbocycles. The van der Waals surface area contributed by atoms with Crippen LogP contribution in [0.2, 0.25) is 0 Å². The van der Waals surface area contributed by atoms with Gasteiger partial charge in [-0.2, -0.15) is 0 Å². The normalized spacial score (nSPS) is 21.7. The Balaban J connectivity index is 3.70. The number of hydrogen-bond donors (Lipinski definition) is 3. The van der Waals surface area contributed by atoms with Crippen LogP contribution in [0.3, 0.4) is 0 Å². The van der Waals surface area contributed by atoms with Gasteiger partial charge in [0.05, 0.1) is 11.0 Å². The van der Waals surface area contributed by atoms with Crippen LogP contribution in [0.25, 0.3) is 0 Å². The van der Waals surface area contributed by atoms with Gasteiger partial charge >= 0.3 is 0 Å². The highest BCUT2D eigenvalue weighted by molar-refractivity contribution is 6.22. The van der Waals surface area contributed by atoms with E-state index in [0.717, 1.165) is 0 Å². The molecule has 0 aromatic rings. The maximum absolute atomic E-state index is 9.28. The molecule has 9 heavy (non-hydrogen) atoms. The molecule has 0 aromatic heterocycles. The van der Waals surface area contributed by atoms with Crippen molar-refractivity contribution in [2.24, 2.45) is 0 Å². The van der Waals surface area contributed by atoms with Crippen molar-refractivity contribution in [3.05, 3.63) is 0 Å². The molecule has 1 unspecified atom stereocenters. The first kappa shape index (κ1) is 9.31. The summed E-state index contributed by atoms with van der Waals surface area (Å²) in [6, 6.07) is 0. The van der Waals surface area contributed by atoms with Crippen LogP contribution in [-0.2, 0) is 0 Å². The Morgan fingerprint density at radius 2 is 2.00 bits per heavy atom. The highest BCUT2D eigenvalue weighted by Crippen LogP contribution is 2.06. The van der Waals surface area contributed by atoms with Crippen LogP contribution in [0.5, 0.6) is 0 Å². The fourth-order valence-corrected chi connectivity index (χ4v) is 0.948. The molecular weight excluding hydrogens is 152 g/mol. The fourth-order valence-electron chi connectivity index (χ4n) is 0.435. The number of aliphatic hydroxyl groups is 3. The van der Waals surface area contributed by atoms with Crippen LogP contribution in [0.4, 0.5) is 0 Å².